The van der Waals surface area contributed by atoms with E-state index in [9.17, 15) is 9.59 Å². The largest absolute Gasteiger partial charge is 0.459 e. The molecule has 2 rings (SSSR count). The summed E-state index contributed by atoms with van der Waals surface area (Å²) in [4.78, 5) is 23.6. The topological polar surface area (TPSA) is 52.6 Å². The molecule has 4 heteroatoms. The Morgan fingerprint density at radius 2 is 1.15 bits per heavy atom. The Balaban J connectivity index is 1.77. The van der Waals surface area contributed by atoms with Crippen LogP contribution in [0.15, 0.2) is 24.3 Å². The van der Waals surface area contributed by atoms with Gasteiger partial charge in [-0.25, -0.2) is 9.59 Å². The van der Waals surface area contributed by atoms with Crippen LogP contribution in [-0.2, 0) is 19.1 Å². The highest BCUT2D eigenvalue weighted by Crippen LogP contribution is 2.40. The van der Waals surface area contributed by atoms with Crippen molar-refractivity contribution in [2.45, 2.75) is 84.8 Å². The summed E-state index contributed by atoms with van der Waals surface area (Å²) in [6, 6.07) is 0. The Morgan fingerprint density at radius 3 is 1.44 bits per heavy atom. The molecule has 4 nitrogen and oxygen atoms in total. The zero-order valence-corrected chi connectivity index (χ0v) is 17.5. The van der Waals surface area contributed by atoms with E-state index < -0.39 is 0 Å². The number of rotatable bonds is 6. The number of ether oxygens (including phenoxy) is 2. The Bertz CT molecular complexity index is 529. The van der Waals surface area contributed by atoms with E-state index >= 15 is 0 Å². The Morgan fingerprint density at radius 1 is 0.778 bits per heavy atom. The number of hydrogen-bond acceptors (Lipinski definition) is 4. The maximum atomic E-state index is 11.8. The third-order valence-electron chi connectivity index (χ3n) is 6.28. The number of esters is 2. The van der Waals surface area contributed by atoms with Crippen molar-refractivity contribution in [2.75, 3.05) is 0 Å². The molecule has 0 aromatic rings. The summed E-state index contributed by atoms with van der Waals surface area (Å²) in [7, 11) is 0. The first-order chi connectivity index (χ1) is 12.7. The van der Waals surface area contributed by atoms with E-state index in [-0.39, 0.29) is 24.1 Å². The zero-order valence-electron chi connectivity index (χ0n) is 17.5. The molecule has 0 aromatic heterocycles. The van der Waals surface area contributed by atoms with Crippen LogP contribution < -0.4 is 0 Å². The van der Waals surface area contributed by atoms with E-state index in [0.717, 1.165) is 38.5 Å². The Labute approximate surface area is 164 Å². The molecule has 2 aliphatic rings. The Hall–Kier alpha value is -1.58. The zero-order chi connectivity index (χ0) is 20.1. The monoisotopic (exact) mass is 376 g/mol. The normalized spacial score (nSPS) is 33.8. The molecule has 2 fully saturated rings. The van der Waals surface area contributed by atoms with Crippen LogP contribution in [0.2, 0.25) is 0 Å². The molecule has 6 unspecified atom stereocenters. The quantitative estimate of drug-likeness (QED) is 0.471. The SMILES string of the molecule is C=C(C)C(=O)OC1CCC(CC2CCC(OC(=O)C(=C)C)C(C)C2)CC1C. The third-order valence-corrected chi connectivity index (χ3v) is 6.28. The van der Waals surface area contributed by atoms with Crippen LogP contribution in [0, 0.1) is 23.7 Å². The van der Waals surface area contributed by atoms with Gasteiger partial charge in [0, 0.05) is 11.1 Å². The van der Waals surface area contributed by atoms with Crippen LogP contribution in [0.3, 0.4) is 0 Å². The second-order valence-electron chi connectivity index (χ2n) is 9.00. The van der Waals surface area contributed by atoms with Gasteiger partial charge in [-0.2, -0.15) is 0 Å². The van der Waals surface area contributed by atoms with Gasteiger partial charge in [-0.3, -0.25) is 0 Å². The summed E-state index contributed by atoms with van der Waals surface area (Å²) >= 11 is 0. The van der Waals surface area contributed by atoms with Crippen molar-refractivity contribution in [3.05, 3.63) is 24.3 Å². The molecule has 0 N–H and O–H groups in total. The van der Waals surface area contributed by atoms with Gasteiger partial charge in [-0.1, -0.05) is 27.0 Å². The predicted molar refractivity (Wildman–Crippen MR) is 107 cm³/mol. The van der Waals surface area contributed by atoms with Crippen molar-refractivity contribution < 1.29 is 19.1 Å². The second-order valence-corrected chi connectivity index (χ2v) is 9.00. The van der Waals surface area contributed by atoms with E-state index in [1.54, 1.807) is 13.8 Å². The van der Waals surface area contributed by atoms with Gasteiger partial charge >= 0.3 is 11.9 Å². The maximum absolute atomic E-state index is 11.8. The molecule has 6 atom stereocenters. The van der Waals surface area contributed by atoms with Crippen molar-refractivity contribution in [3.63, 3.8) is 0 Å². The number of carbonyl (C=O) groups excluding carboxylic acids is 2. The van der Waals surface area contributed by atoms with Crippen molar-refractivity contribution >= 4 is 11.9 Å². The minimum absolute atomic E-state index is 0.0293. The standard InChI is InChI=1S/C23H36O4/c1-14(2)22(24)26-20-9-7-18(11-16(20)5)13-19-8-10-21(17(6)12-19)27-23(25)15(3)4/h16-21H,1,3,7-13H2,2,4-6H3. The van der Waals surface area contributed by atoms with Crippen molar-refractivity contribution in [3.8, 4) is 0 Å². The van der Waals surface area contributed by atoms with Crippen LogP contribution in [-0.4, -0.2) is 24.1 Å². The molecule has 0 aromatic carbocycles. The minimum Gasteiger partial charge on any atom is -0.459 e. The molecule has 0 amide bonds. The molecule has 27 heavy (non-hydrogen) atoms. The van der Waals surface area contributed by atoms with Crippen LogP contribution in [0.5, 0.6) is 0 Å². The predicted octanol–water partition coefficient (Wildman–Crippen LogP) is 5.22. The van der Waals surface area contributed by atoms with Gasteiger partial charge in [-0.15, -0.1) is 0 Å². The first-order valence-electron chi connectivity index (χ1n) is 10.4. The minimum atomic E-state index is -0.262. The van der Waals surface area contributed by atoms with E-state index in [0.29, 0.717) is 34.8 Å². The van der Waals surface area contributed by atoms with E-state index in [2.05, 4.69) is 27.0 Å². The summed E-state index contributed by atoms with van der Waals surface area (Å²) in [5.41, 5.74) is 0.949. The number of carbonyl (C=O) groups is 2. The summed E-state index contributed by atoms with van der Waals surface area (Å²) in [6.45, 7) is 15.1. The van der Waals surface area contributed by atoms with Crippen LogP contribution in [0.1, 0.15) is 72.6 Å². The highest BCUT2D eigenvalue weighted by atomic mass is 16.5. The average Bonchev–Trinajstić information content (AvgIpc) is 2.59. The molecule has 0 bridgehead atoms. The summed E-state index contributed by atoms with van der Waals surface area (Å²) < 4.78 is 11.2. The van der Waals surface area contributed by atoms with Gasteiger partial charge < -0.3 is 9.47 Å². The van der Waals surface area contributed by atoms with Crippen LogP contribution >= 0.6 is 0 Å². The molecule has 0 saturated heterocycles. The van der Waals surface area contributed by atoms with Gasteiger partial charge in [0.15, 0.2) is 0 Å². The van der Waals surface area contributed by atoms with Crippen molar-refractivity contribution in [1.82, 2.24) is 0 Å². The van der Waals surface area contributed by atoms with Gasteiger partial charge in [-0.05, 0) is 82.5 Å². The van der Waals surface area contributed by atoms with Gasteiger partial charge in [0.25, 0.3) is 0 Å². The molecule has 0 radical (unpaired) electrons. The van der Waals surface area contributed by atoms with Gasteiger partial charge in [0.05, 0.1) is 0 Å². The fourth-order valence-corrected chi connectivity index (χ4v) is 4.69. The van der Waals surface area contributed by atoms with Crippen molar-refractivity contribution in [2.24, 2.45) is 23.7 Å². The highest BCUT2D eigenvalue weighted by Gasteiger charge is 2.35. The smallest absolute Gasteiger partial charge is 0.333 e. The fraction of sp³-hybridized carbons (Fsp3) is 0.739. The molecule has 0 spiro atoms. The van der Waals surface area contributed by atoms with E-state index in [1.807, 2.05) is 0 Å². The summed E-state index contributed by atoms with van der Waals surface area (Å²) in [6.07, 6.45) is 7.67. The van der Waals surface area contributed by atoms with Crippen molar-refractivity contribution in [1.29, 1.82) is 0 Å². The first kappa shape index (κ1) is 21.7. The fourth-order valence-electron chi connectivity index (χ4n) is 4.69. The molecule has 2 aliphatic carbocycles. The lowest BCUT2D eigenvalue weighted by molar-refractivity contribution is -0.149. The van der Waals surface area contributed by atoms with Crippen LogP contribution in [0.4, 0.5) is 0 Å². The van der Waals surface area contributed by atoms with Crippen LogP contribution in [0.25, 0.3) is 0 Å². The molecular weight excluding hydrogens is 340 g/mol. The lowest BCUT2D eigenvalue weighted by Crippen LogP contribution is -2.35. The first-order valence-corrected chi connectivity index (χ1v) is 10.4. The summed E-state index contributed by atoms with van der Waals surface area (Å²) in [5, 5.41) is 0. The molecule has 152 valence electrons. The molecule has 0 aliphatic heterocycles. The second kappa shape index (κ2) is 9.57. The molecular formula is C23H36O4. The Kier molecular flexibility index (Phi) is 7.69. The molecule has 2 saturated carbocycles. The molecule has 0 heterocycles. The third kappa shape index (κ3) is 6.22. The van der Waals surface area contributed by atoms with Gasteiger partial charge in [0.1, 0.15) is 12.2 Å². The van der Waals surface area contributed by atoms with Gasteiger partial charge in [0.2, 0.25) is 0 Å². The highest BCUT2D eigenvalue weighted by molar-refractivity contribution is 5.87. The van der Waals surface area contributed by atoms with E-state index in [1.165, 1.54) is 6.42 Å². The van der Waals surface area contributed by atoms with E-state index in [4.69, 9.17) is 9.47 Å². The number of hydrogen-bond donors (Lipinski definition) is 0. The lowest BCUT2D eigenvalue weighted by atomic mass is 9.71. The maximum Gasteiger partial charge on any atom is 0.333 e. The average molecular weight is 377 g/mol. The summed E-state index contributed by atoms with van der Waals surface area (Å²) in [5.74, 6) is 1.68. The lowest BCUT2D eigenvalue weighted by Gasteiger charge is -2.38.